The molecule has 3 heterocycles. The molecule has 67 heavy (non-hydrogen) atoms. The summed E-state index contributed by atoms with van der Waals surface area (Å²) in [6, 6.07) is 3.53. The van der Waals surface area contributed by atoms with E-state index in [0.717, 1.165) is 43.6 Å². The van der Waals surface area contributed by atoms with Crippen LogP contribution in [0.4, 0.5) is 5.69 Å². The predicted octanol–water partition coefficient (Wildman–Crippen LogP) is 2.31. The summed E-state index contributed by atoms with van der Waals surface area (Å²) in [5.41, 5.74) is 0.378. The molecular weight excluding hydrogens is 883 g/mol. The molecule has 2 unspecified atom stereocenters. The SMILES string of the molecule is O=C1CCC(N2C(=O)c3cccc(NC(=O)CCCCCOCCOCCOCCOCCOCCOCCOCCOCCOCCOCCOCCOC4CCCCO4)c3C2=O)C(=O)N1. The van der Waals surface area contributed by atoms with Gasteiger partial charge < -0.3 is 66.9 Å². The lowest BCUT2D eigenvalue weighted by molar-refractivity contribution is -0.169. The number of hydrogen-bond donors (Lipinski definition) is 2. The maximum Gasteiger partial charge on any atom is 0.264 e. The second kappa shape index (κ2) is 36.4. The third-order valence-corrected chi connectivity index (χ3v) is 10.3. The zero-order valence-corrected chi connectivity index (χ0v) is 39.0. The van der Waals surface area contributed by atoms with Crippen molar-refractivity contribution in [2.45, 2.75) is 70.1 Å². The minimum absolute atomic E-state index is 0.0265. The third-order valence-electron chi connectivity index (χ3n) is 10.3. The van der Waals surface area contributed by atoms with Crippen LogP contribution in [0, 0.1) is 0 Å². The summed E-state index contributed by atoms with van der Waals surface area (Å²) in [6.45, 7) is 11.9. The van der Waals surface area contributed by atoms with Crippen LogP contribution in [0.15, 0.2) is 18.2 Å². The fourth-order valence-corrected chi connectivity index (χ4v) is 6.88. The van der Waals surface area contributed by atoms with E-state index in [2.05, 4.69) is 10.6 Å². The van der Waals surface area contributed by atoms with Gasteiger partial charge in [0.15, 0.2) is 6.29 Å². The minimum Gasteiger partial charge on any atom is -0.379 e. The number of nitrogens with one attached hydrogen (secondary N) is 2. The van der Waals surface area contributed by atoms with Crippen LogP contribution in [0.5, 0.6) is 0 Å². The van der Waals surface area contributed by atoms with Crippen molar-refractivity contribution in [1.29, 1.82) is 0 Å². The molecular formula is C46H73N3O18. The maximum absolute atomic E-state index is 13.2. The quantitative estimate of drug-likeness (QED) is 0.0707. The highest BCUT2D eigenvalue weighted by molar-refractivity contribution is 6.26. The molecule has 21 nitrogen and oxygen atoms in total. The Morgan fingerprint density at radius 3 is 1.51 bits per heavy atom. The molecule has 2 atom stereocenters. The van der Waals surface area contributed by atoms with Gasteiger partial charge in [-0.25, -0.2) is 0 Å². The first-order valence-corrected chi connectivity index (χ1v) is 23.7. The Labute approximate surface area is 393 Å². The largest absolute Gasteiger partial charge is 0.379 e. The first kappa shape index (κ1) is 56.0. The van der Waals surface area contributed by atoms with Gasteiger partial charge in [-0.15, -0.1) is 0 Å². The zero-order chi connectivity index (χ0) is 47.4. The number of carbonyl (C=O) groups is 5. The van der Waals surface area contributed by atoms with Crippen molar-refractivity contribution < 1.29 is 85.6 Å². The van der Waals surface area contributed by atoms with Gasteiger partial charge in [0.2, 0.25) is 17.7 Å². The Bertz CT molecular complexity index is 1550. The van der Waals surface area contributed by atoms with Crippen LogP contribution in [0.2, 0.25) is 0 Å². The number of benzene rings is 1. The molecule has 0 spiro atoms. The Kier molecular flexibility index (Phi) is 30.5. The number of fused-ring (bicyclic) bond motifs is 1. The standard InChI is InChI=1S/C46H73N3O18/c50-40(47-38-8-6-7-37-43(38)46(54)49(45(37)53)39-11-12-41(51)48-44(39)52)9-2-1-4-13-55-15-16-56-17-18-57-19-20-58-21-22-59-23-24-60-25-26-61-27-28-62-29-30-63-31-32-64-33-34-65-35-36-67-42-10-3-5-14-66-42/h6-8,39,42H,1-5,9-36H2,(H,47,50)(H,48,51,52). The number of ether oxygens (including phenoxy) is 13. The summed E-state index contributed by atoms with van der Waals surface area (Å²) in [6.07, 6.45) is 5.58. The van der Waals surface area contributed by atoms with Gasteiger partial charge in [-0.3, -0.25) is 34.2 Å². The smallest absolute Gasteiger partial charge is 0.264 e. The molecule has 0 saturated carbocycles. The van der Waals surface area contributed by atoms with Crippen LogP contribution in [0.3, 0.4) is 0 Å². The summed E-state index contributed by atoms with van der Waals surface area (Å²) in [5.74, 6) is -2.72. The second-order valence-corrected chi connectivity index (χ2v) is 15.4. The molecule has 0 bridgehead atoms. The van der Waals surface area contributed by atoms with Crippen molar-refractivity contribution in [3.8, 4) is 0 Å². The van der Waals surface area contributed by atoms with E-state index < -0.39 is 29.7 Å². The Hall–Kier alpha value is -3.55. The highest BCUT2D eigenvalue weighted by Gasteiger charge is 2.45. The molecule has 1 aromatic carbocycles. The van der Waals surface area contributed by atoms with E-state index in [4.69, 9.17) is 61.6 Å². The van der Waals surface area contributed by atoms with Crippen molar-refractivity contribution in [2.24, 2.45) is 0 Å². The van der Waals surface area contributed by atoms with Gasteiger partial charge in [0.05, 0.1) is 162 Å². The normalized spacial score (nSPS) is 17.3. The Morgan fingerprint density at radius 2 is 1.04 bits per heavy atom. The average molecular weight is 956 g/mol. The van der Waals surface area contributed by atoms with Crippen LogP contribution in [0.1, 0.15) is 78.5 Å². The fraction of sp³-hybridized carbons (Fsp3) is 0.761. The molecule has 5 amide bonds. The van der Waals surface area contributed by atoms with E-state index in [1.807, 2.05) is 0 Å². The average Bonchev–Trinajstić information content (AvgIpc) is 3.58. The number of unbranched alkanes of at least 4 members (excludes halogenated alkanes) is 2. The first-order chi connectivity index (χ1) is 33.0. The van der Waals surface area contributed by atoms with Gasteiger partial charge in [-0.05, 0) is 50.7 Å². The van der Waals surface area contributed by atoms with Crippen LogP contribution < -0.4 is 10.6 Å². The highest BCUT2D eigenvalue weighted by Crippen LogP contribution is 2.32. The topological polar surface area (TPSA) is 233 Å². The zero-order valence-electron chi connectivity index (χ0n) is 39.0. The Balaban J connectivity index is 0.792. The van der Waals surface area contributed by atoms with E-state index in [-0.39, 0.29) is 48.3 Å². The van der Waals surface area contributed by atoms with E-state index >= 15 is 0 Å². The first-order valence-electron chi connectivity index (χ1n) is 23.7. The molecule has 1 aromatic rings. The summed E-state index contributed by atoms with van der Waals surface area (Å²) in [5, 5.41) is 4.91. The van der Waals surface area contributed by atoms with Crippen LogP contribution in [-0.2, 0) is 76.0 Å². The molecule has 21 heteroatoms. The number of carbonyl (C=O) groups excluding carboxylic acids is 5. The second-order valence-electron chi connectivity index (χ2n) is 15.4. The number of imide groups is 2. The van der Waals surface area contributed by atoms with Gasteiger partial charge in [0, 0.05) is 26.1 Å². The molecule has 3 aliphatic rings. The number of nitrogens with zero attached hydrogens (tertiary/aromatic N) is 1. The number of rotatable bonds is 42. The molecule has 4 rings (SSSR count). The fourth-order valence-electron chi connectivity index (χ4n) is 6.88. The van der Waals surface area contributed by atoms with E-state index in [1.165, 1.54) is 6.07 Å². The van der Waals surface area contributed by atoms with Crippen molar-refractivity contribution in [3.63, 3.8) is 0 Å². The van der Waals surface area contributed by atoms with Gasteiger partial charge in [0.25, 0.3) is 11.8 Å². The molecule has 2 fully saturated rings. The third kappa shape index (κ3) is 24.0. The lowest BCUT2D eigenvalue weighted by atomic mass is 10.0. The summed E-state index contributed by atoms with van der Waals surface area (Å²) in [4.78, 5) is 63.6. The molecule has 0 radical (unpaired) electrons. The summed E-state index contributed by atoms with van der Waals surface area (Å²) in [7, 11) is 0. The predicted molar refractivity (Wildman–Crippen MR) is 239 cm³/mol. The van der Waals surface area contributed by atoms with Crippen molar-refractivity contribution in [3.05, 3.63) is 29.3 Å². The maximum atomic E-state index is 13.2. The van der Waals surface area contributed by atoms with E-state index in [1.54, 1.807) is 12.1 Å². The monoisotopic (exact) mass is 955 g/mol. The summed E-state index contributed by atoms with van der Waals surface area (Å²) >= 11 is 0. The Morgan fingerprint density at radius 1 is 0.567 bits per heavy atom. The molecule has 0 aliphatic carbocycles. The van der Waals surface area contributed by atoms with Gasteiger partial charge in [-0.2, -0.15) is 0 Å². The molecule has 2 N–H and O–H groups in total. The van der Waals surface area contributed by atoms with E-state index in [9.17, 15) is 24.0 Å². The summed E-state index contributed by atoms with van der Waals surface area (Å²) < 4.78 is 71.8. The van der Waals surface area contributed by atoms with Crippen LogP contribution >= 0.6 is 0 Å². The van der Waals surface area contributed by atoms with Crippen molar-refractivity contribution in [2.75, 3.05) is 164 Å². The molecule has 2 saturated heterocycles. The number of amides is 5. The van der Waals surface area contributed by atoms with Crippen molar-refractivity contribution in [1.82, 2.24) is 10.2 Å². The number of hydrogen-bond acceptors (Lipinski definition) is 18. The van der Waals surface area contributed by atoms with Crippen LogP contribution in [-0.4, -0.2) is 205 Å². The van der Waals surface area contributed by atoms with E-state index in [0.29, 0.717) is 158 Å². The molecule has 380 valence electrons. The molecule has 0 aromatic heterocycles. The van der Waals surface area contributed by atoms with Gasteiger partial charge >= 0.3 is 0 Å². The number of anilines is 1. The van der Waals surface area contributed by atoms with Crippen LogP contribution in [0.25, 0.3) is 0 Å². The lowest BCUT2D eigenvalue weighted by Gasteiger charge is -2.27. The van der Waals surface area contributed by atoms with Crippen molar-refractivity contribution >= 4 is 35.2 Å². The van der Waals surface area contributed by atoms with Gasteiger partial charge in [-0.1, -0.05) is 12.5 Å². The lowest BCUT2D eigenvalue weighted by Crippen LogP contribution is -2.54. The van der Waals surface area contributed by atoms with Gasteiger partial charge in [0.1, 0.15) is 6.04 Å². The molecule has 3 aliphatic heterocycles. The number of piperidine rings is 1. The minimum atomic E-state index is -1.08. The highest BCUT2D eigenvalue weighted by atomic mass is 16.7.